The number of hydrogen-bond donors (Lipinski definition) is 2. The van der Waals surface area contributed by atoms with Gasteiger partial charge >= 0.3 is 6.01 Å². The van der Waals surface area contributed by atoms with Gasteiger partial charge in [-0.15, -0.1) is 0 Å². The Kier molecular flexibility index (Phi) is 5.59. The molecule has 9 heteroatoms. The largest absolute Gasteiger partial charge is 0.508 e. The summed E-state index contributed by atoms with van der Waals surface area (Å²) in [7, 11) is 2.10. The van der Waals surface area contributed by atoms with E-state index in [1.54, 1.807) is 18.3 Å². The maximum atomic E-state index is 16.3. The Balaban J connectivity index is 1.33. The molecule has 1 spiro atoms. The molecule has 7 rings (SSSR count). The molecule has 3 saturated heterocycles. The fraction of sp³-hybridized carbons (Fsp3) is 0.414. The normalized spacial score (nSPS) is 21.0. The van der Waals surface area contributed by atoms with Gasteiger partial charge in [0.15, 0.2) is 5.82 Å². The average Bonchev–Trinajstić information content (AvgIpc) is 3.56. The first-order valence-electron chi connectivity index (χ1n) is 13.4. The van der Waals surface area contributed by atoms with E-state index >= 15 is 4.39 Å². The number of pyridine rings is 1. The summed E-state index contributed by atoms with van der Waals surface area (Å²) in [5, 5.41) is 16.0. The highest BCUT2D eigenvalue weighted by Crippen LogP contribution is 2.42. The summed E-state index contributed by atoms with van der Waals surface area (Å²) in [5.41, 5.74) is 1.11. The zero-order valence-corrected chi connectivity index (χ0v) is 21.5. The van der Waals surface area contributed by atoms with Gasteiger partial charge in [0.1, 0.15) is 29.4 Å². The maximum Gasteiger partial charge on any atom is 0.319 e. The summed E-state index contributed by atoms with van der Waals surface area (Å²) < 4.78 is 22.4. The number of likely N-dealkylation sites (N-methyl/N-ethyl adjacent to an activating group) is 1. The molecule has 0 saturated carbocycles. The summed E-state index contributed by atoms with van der Waals surface area (Å²) in [4.78, 5) is 18.4. The van der Waals surface area contributed by atoms with E-state index in [0.29, 0.717) is 29.4 Å². The second-order valence-electron chi connectivity index (χ2n) is 11.1. The van der Waals surface area contributed by atoms with Crippen LogP contribution in [0.5, 0.6) is 11.8 Å². The Bertz CT molecular complexity index is 1530. The molecule has 2 aromatic carbocycles. The third kappa shape index (κ3) is 3.92. The number of nitrogens with zero attached hydrogens (tertiary/aromatic N) is 5. The number of ether oxygens (including phenoxy) is 1. The van der Waals surface area contributed by atoms with E-state index in [1.165, 1.54) is 0 Å². The van der Waals surface area contributed by atoms with E-state index in [4.69, 9.17) is 9.72 Å². The van der Waals surface area contributed by atoms with Gasteiger partial charge in [-0.1, -0.05) is 24.3 Å². The van der Waals surface area contributed by atoms with Crippen LogP contribution in [0.4, 0.5) is 10.2 Å². The molecule has 4 aromatic rings. The number of hydrogen-bond acceptors (Lipinski definition) is 8. The predicted octanol–water partition coefficient (Wildman–Crippen LogP) is 3.96. The Morgan fingerprint density at radius 2 is 2.05 bits per heavy atom. The van der Waals surface area contributed by atoms with Gasteiger partial charge in [-0.25, -0.2) is 4.39 Å². The number of aromatic hydroxyl groups is 1. The van der Waals surface area contributed by atoms with Crippen molar-refractivity contribution in [1.82, 2.24) is 25.2 Å². The quantitative estimate of drug-likeness (QED) is 0.414. The van der Waals surface area contributed by atoms with Crippen molar-refractivity contribution in [1.29, 1.82) is 0 Å². The smallest absolute Gasteiger partial charge is 0.319 e. The SMILES string of the molecule is CN1CCC[C@H]1COc1nc(N2CC3(CCNC3)C2)c2cnc(-c3cc(O)cc4ccccc34)c(F)c2n1. The maximum absolute atomic E-state index is 16.3. The van der Waals surface area contributed by atoms with Gasteiger partial charge in [0.2, 0.25) is 0 Å². The molecule has 0 unspecified atom stereocenters. The van der Waals surface area contributed by atoms with E-state index in [-0.39, 0.29) is 28.4 Å². The van der Waals surface area contributed by atoms with Gasteiger partial charge in [0.25, 0.3) is 0 Å². The van der Waals surface area contributed by atoms with Crippen LogP contribution in [0.15, 0.2) is 42.6 Å². The third-order valence-electron chi connectivity index (χ3n) is 8.51. The van der Waals surface area contributed by atoms with Gasteiger partial charge in [-0.2, -0.15) is 9.97 Å². The number of aromatic nitrogens is 3. The van der Waals surface area contributed by atoms with Crippen molar-refractivity contribution in [2.24, 2.45) is 5.41 Å². The third-order valence-corrected chi connectivity index (χ3v) is 8.51. The Morgan fingerprint density at radius 3 is 2.84 bits per heavy atom. The lowest BCUT2D eigenvalue weighted by Crippen LogP contribution is -2.57. The standard InChI is InChI=1S/C29H31FN6O2/c1-35-10-4-6-19(35)14-38-28-33-26-23(27(34-28)36-16-29(17-36)8-9-31-15-29)13-32-25(24(26)30)22-12-20(37)11-18-5-2-3-7-21(18)22/h2-3,5,7,11-13,19,31,37H,4,6,8-10,14-17H2,1H3/t19-/m0/s1. The highest BCUT2D eigenvalue weighted by atomic mass is 19.1. The molecule has 38 heavy (non-hydrogen) atoms. The molecule has 3 aliphatic heterocycles. The van der Waals surface area contributed by atoms with Gasteiger partial charge in [0, 0.05) is 42.9 Å². The van der Waals surface area contributed by atoms with Crippen molar-refractivity contribution in [3.63, 3.8) is 0 Å². The number of phenolic OH excluding ortho intramolecular Hbond substituents is 1. The lowest BCUT2D eigenvalue weighted by molar-refractivity contribution is 0.187. The molecule has 5 heterocycles. The number of rotatable bonds is 5. The van der Waals surface area contributed by atoms with Crippen LogP contribution in [0.3, 0.4) is 0 Å². The first kappa shape index (κ1) is 23.5. The molecule has 196 valence electrons. The Hall–Kier alpha value is -3.56. The average molecular weight is 515 g/mol. The molecule has 2 N–H and O–H groups in total. The van der Waals surface area contributed by atoms with E-state index in [2.05, 4.69) is 32.1 Å². The lowest BCUT2D eigenvalue weighted by Gasteiger charge is -2.48. The van der Waals surface area contributed by atoms with Crippen molar-refractivity contribution in [2.75, 3.05) is 51.3 Å². The highest BCUT2D eigenvalue weighted by molar-refractivity contribution is 6.00. The van der Waals surface area contributed by atoms with Crippen LogP contribution < -0.4 is 15.0 Å². The molecule has 2 aromatic heterocycles. The summed E-state index contributed by atoms with van der Waals surface area (Å²) in [6.07, 6.45) is 4.99. The zero-order valence-electron chi connectivity index (χ0n) is 21.5. The van der Waals surface area contributed by atoms with Gasteiger partial charge < -0.3 is 25.0 Å². The van der Waals surface area contributed by atoms with Gasteiger partial charge in [0.05, 0.1) is 5.39 Å². The number of likely N-dealkylation sites (tertiary alicyclic amines) is 1. The van der Waals surface area contributed by atoms with Crippen molar-refractivity contribution in [3.05, 3.63) is 48.4 Å². The van der Waals surface area contributed by atoms with Crippen LogP contribution in [0, 0.1) is 11.2 Å². The molecular formula is C29H31FN6O2. The molecule has 8 nitrogen and oxygen atoms in total. The molecule has 0 amide bonds. The minimum Gasteiger partial charge on any atom is -0.508 e. The van der Waals surface area contributed by atoms with E-state index in [0.717, 1.165) is 62.8 Å². The van der Waals surface area contributed by atoms with Gasteiger partial charge in [-0.3, -0.25) is 4.98 Å². The minimum absolute atomic E-state index is 0.0594. The van der Waals surface area contributed by atoms with Crippen LogP contribution in [-0.2, 0) is 0 Å². The Morgan fingerprint density at radius 1 is 1.18 bits per heavy atom. The summed E-state index contributed by atoms with van der Waals surface area (Å²) >= 11 is 0. The van der Waals surface area contributed by atoms with E-state index in [9.17, 15) is 5.11 Å². The second-order valence-corrected chi connectivity index (χ2v) is 11.1. The van der Waals surface area contributed by atoms with Crippen molar-refractivity contribution < 1.29 is 14.2 Å². The van der Waals surface area contributed by atoms with Crippen molar-refractivity contribution in [3.8, 4) is 23.0 Å². The molecule has 3 aliphatic rings. The minimum atomic E-state index is -0.539. The lowest BCUT2D eigenvalue weighted by atomic mass is 9.79. The predicted molar refractivity (Wildman–Crippen MR) is 145 cm³/mol. The number of nitrogens with one attached hydrogen (secondary N) is 1. The first-order chi connectivity index (χ1) is 18.5. The molecule has 0 aliphatic carbocycles. The number of fused-ring (bicyclic) bond motifs is 2. The van der Waals surface area contributed by atoms with Crippen LogP contribution >= 0.6 is 0 Å². The fourth-order valence-corrected chi connectivity index (χ4v) is 6.34. The molecule has 1 atom stereocenters. The molecule has 0 bridgehead atoms. The number of phenols is 1. The summed E-state index contributed by atoms with van der Waals surface area (Å²) in [6.45, 7) is 5.24. The van der Waals surface area contributed by atoms with Crippen LogP contribution in [0.1, 0.15) is 19.3 Å². The highest BCUT2D eigenvalue weighted by Gasteiger charge is 2.46. The fourth-order valence-electron chi connectivity index (χ4n) is 6.34. The number of anilines is 1. The molecule has 3 fully saturated rings. The van der Waals surface area contributed by atoms with E-state index < -0.39 is 5.82 Å². The first-order valence-corrected chi connectivity index (χ1v) is 13.4. The van der Waals surface area contributed by atoms with Crippen molar-refractivity contribution >= 4 is 27.5 Å². The molecule has 0 radical (unpaired) electrons. The summed E-state index contributed by atoms with van der Waals surface area (Å²) in [5.74, 6) is 0.188. The second kappa shape index (κ2) is 9.03. The topological polar surface area (TPSA) is 86.6 Å². The van der Waals surface area contributed by atoms with Crippen molar-refractivity contribution in [2.45, 2.75) is 25.3 Å². The monoisotopic (exact) mass is 514 g/mol. The number of halogens is 1. The molecular weight excluding hydrogens is 483 g/mol. The van der Waals surface area contributed by atoms with Crippen LogP contribution in [-0.4, -0.2) is 77.4 Å². The van der Waals surface area contributed by atoms with Crippen LogP contribution in [0.25, 0.3) is 32.9 Å². The summed E-state index contributed by atoms with van der Waals surface area (Å²) in [6, 6.07) is 11.3. The number of benzene rings is 2. The van der Waals surface area contributed by atoms with Gasteiger partial charge in [-0.05, 0) is 62.3 Å². The van der Waals surface area contributed by atoms with Crippen LogP contribution in [0.2, 0.25) is 0 Å². The zero-order chi connectivity index (χ0) is 25.9. The van der Waals surface area contributed by atoms with E-state index in [1.807, 2.05) is 24.3 Å². The Labute approximate surface area is 220 Å².